The first kappa shape index (κ1) is 8.54. The molecule has 0 fully saturated rings. The molecule has 0 saturated heterocycles. The lowest BCUT2D eigenvalue weighted by atomic mass is 9.96. The number of furan rings is 1. The van der Waals surface area contributed by atoms with Crippen LogP contribution in [0.25, 0.3) is 6.08 Å². The van der Waals surface area contributed by atoms with E-state index in [9.17, 15) is 0 Å². The van der Waals surface area contributed by atoms with Crippen LogP contribution in [0, 0.1) is 12.8 Å². The van der Waals surface area contributed by atoms with E-state index in [2.05, 4.69) is 43.3 Å². The van der Waals surface area contributed by atoms with Gasteiger partial charge in [0.1, 0.15) is 5.76 Å². The Kier molecular flexibility index (Phi) is 1.78. The Morgan fingerprint density at radius 2 is 1.87 bits per heavy atom. The average molecular weight is 195 g/mol. The summed E-state index contributed by atoms with van der Waals surface area (Å²) in [5.41, 5.74) is 3.71. The molecule has 1 heterocycles. The maximum atomic E-state index is 5.52. The number of rotatable bonds is 1. The van der Waals surface area contributed by atoms with Gasteiger partial charge in [-0.15, -0.1) is 0 Å². The summed E-state index contributed by atoms with van der Waals surface area (Å²) in [4.78, 5) is 0. The third-order valence-electron chi connectivity index (χ3n) is 2.79. The molecule has 1 aliphatic carbocycles. The standard InChI is InChI=1S/C14H11O/c1-10-8-9-15-14(10)13-7-6-11-4-2-3-5-12(11)13/h2-9H,1H3. The molecule has 0 aliphatic heterocycles. The minimum atomic E-state index is 0.983. The predicted octanol–water partition coefficient (Wildman–Crippen LogP) is 3.59. The fraction of sp³-hybridized carbons (Fsp3) is 0.0714. The Morgan fingerprint density at radius 3 is 2.67 bits per heavy atom. The molecular formula is C14H11O. The molecule has 1 heteroatoms. The summed E-state index contributed by atoms with van der Waals surface area (Å²) in [6.45, 7) is 2.07. The van der Waals surface area contributed by atoms with E-state index in [4.69, 9.17) is 4.42 Å². The van der Waals surface area contributed by atoms with E-state index >= 15 is 0 Å². The summed E-state index contributed by atoms with van der Waals surface area (Å²) in [6.07, 6.45) is 6.00. The second-order valence-electron chi connectivity index (χ2n) is 3.77. The average Bonchev–Trinajstić information content (AvgIpc) is 2.83. The molecule has 0 atom stereocenters. The molecule has 1 aromatic heterocycles. The molecule has 0 N–H and O–H groups in total. The molecule has 1 nitrogen and oxygen atoms in total. The van der Waals surface area contributed by atoms with Crippen LogP contribution >= 0.6 is 0 Å². The third-order valence-corrected chi connectivity index (χ3v) is 2.79. The van der Waals surface area contributed by atoms with Crippen LogP contribution in [0.3, 0.4) is 0 Å². The molecule has 0 unspecified atom stereocenters. The topological polar surface area (TPSA) is 13.1 Å². The van der Waals surface area contributed by atoms with Gasteiger partial charge in [-0.05, 0) is 29.7 Å². The van der Waals surface area contributed by atoms with Crippen LogP contribution in [-0.4, -0.2) is 0 Å². The molecule has 0 spiro atoms. The maximum absolute atomic E-state index is 5.52. The van der Waals surface area contributed by atoms with Crippen LogP contribution in [0.15, 0.2) is 47.1 Å². The van der Waals surface area contributed by atoms with Crippen molar-refractivity contribution in [2.24, 2.45) is 0 Å². The summed E-state index contributed by atoms with van der Waals surface area (Å²) in [5.74, 6) is 2.17. The van der Waals surface area contributed by atoms with E-state index in [-0.39, 0.29) is 0 Å². The van der Waals surface area contributed by atoms with Gasteiger partial charge in [0, 0.05) is 0 Å². The minimum Gasteiger partial charge on any atom is -0.468 e. The van der Waals surface area contributed by atoms with E-state index in [1.165, 1.54) is 22.6 Å². The van der Waals surface area contributed by atoms with Crippen molar-refractivity contribution in [3.05, 3.63) is 71.0 Å². The number of hydrogen-bond donors (Lipinski definition) is 0. The number of aryl methyl sites for hydroxylation is 1. The van der Waals surface area contributed by atoms with Gasteiger partial charge in [-0.1, -0.05) is 36.4 Å². The highest BCUT2D eigenvalue weighted by Gasteiger charge is 2.23. The van der Waals surface area contributed by atoms with Crippen molar-refractivity contribution in [2.45, 2.75) is 6.92 Å². The summed E-state index contributed by atoms with van der Waals surface area (Å²) < 4.78 is 5.52. The van der Waals surface area contributed by atoms with Gasteiger partial charge >= 0.3 is 0 Å². The number of hydrogen-bond acceptors (Lipinski definition) is 1. The zero-order chi connectivity index (χ0) is 10.3. The van der Waals surface area contributed by atoms with Crippen molar-refractivity contribution in [1.82, 2.24) is 0 Å². The quantitative estimate of drug-likeness (QED) is 0.677. The summed E-state index contributed by atoms with van der Waals surface area (Å²) >= 11 is 0. The van der Waals surface area contributed by atoms with E-state index in [0.29, 0.717) is 0 Å². The van der Waals surface area contributed by atoms with Gasteiger partial charge in [0.2, 0.25) is 0 Å². The Morgan fingerprint density at radius 1 is 1.00 bits per heavy atom. The lowest BCUT2D eigenvalue weighted by molar-refractivity contribution is 0.532. The monoisotopic (exact) mass is 195 g/mol. The maximum Gasteiger partial charge on any atom is 0.122 e. The molecule has 0 amide bonds. The Bertz CT molecular complexity index is 520. The van der Waals surface area contributed by atoms with E-state index in [0.717, 1.165) is 5.76 Å². The van der Waals surface area contributed by atoms with Gasteiger partial charge < -0.3 is 4.42 Å². The Labute approximate surface area is 89.0 Å². The Hall–Kier alpha value is -1.76. The normalized spacial score (nSPS) is 14.5. The smallest absolute Gasteiger partial charge is 0.122 e. The first-order chi connectivity index (χ1) is 7.36. The highest BCUT2D eigenvalue weighted by molar-refractivity contribution is 5.72. The lowest BCUT2D eigenvalue weighted by Gasteiger charge is -2.07. The van der Waals surface area contributed by atoms with Gasteiger partial charge in [0.05, 0.1) is 12.2 Å². The lowest BCUT2D eigenvalue weighted by Crippen LogP contribution is -1.96. The van der Waals surface area contributed by atoms with Crippen LogP contribution in [0.5, 0.6) is 0 Å². The fourth-order valence-electron chi connectivity index (χ4n) is 2.00. The highest BCUT2D eigenvalue weighted by Crippen LogP contribution is 2.35. The summed E-state index contributed by atoms with van der Waals surface area (Å²) in [7, 11) is 0. The van der Waals surface area contributed by atoms with Crippen molar-refractivity contribution in [3.63, 3.8) is 0 Å². The third kappa shape index (κ3) is 1.23. The zero-order valence-corrected chi connectivity index (χ0v) is 8.53. The molecular weight excluding hydrogens is 184 g/mol. The van der Waals surface area contributed by atoms with Gasteiger partial charge in [0.15, 0.2) is 0 Å². The molecule has 1 radical (unpaired) electrons. The van der Waals surface area contributed by atoms with Gasteiger partial charge in [-0.25, -0.2) is 0 Å². The molecule has 0 saturated carbocycles. The van der Waals surface area contributed by atoms with Gasteiger partial charge in [-0.3, -0.25) is 0 Å². The zero-order valence-electron chi connectivity index (χ0n) is 8.53. The summed E-state index contributed by atoms with van der Waals surface area (Å²) in [6, 6.07) is 10.4. The number of fused-ring (bicyclic) bond motifs is 1. The molecule has 0 bridgehead atoms. The van der Waals surface area contributed by atoms with Crippen molar-refractivity contribution in [2.75, 3.05) is 0 Å². The van der Waals surface area contributed by atoms with Gasteiger partial charge in [-0.2, -0.15) is 0 Å². The van der Waals surface area contributed by atoms with E-state index in [1.807, 2.05) is 6.07 Å². The van der Waals surface area contributed by atoms with Crippen molar-refractivity contribution >= 4 is 6.08 Å². The fourth-order valence-corrected chi connectivity index (χ4v) is 2.00. The van der Waals surface area contributed by atoms with Crippen molar-refractivity contribution in [1.29, 1.82) is 0 Å². The first-order valence-corrected chi connectivity index (χ1v) is 5.05. The highest BCUT2D eigenvalue weighted by atomic mass is 16.3. The minimum absolute atomic E-state index is 0.983. The van der Waals surface area contributed by atoms with Crippen LogP contribution in [0.2, 0.25) is 0 Å². The van der Waals surface area contributed by atoms with Crippen molar-refractivity contribution in [3.8, 4) is 0 Å². The van der Waals surface area contributed by atoms with Crippen LogP contribution in [0.4, 0.5) is 0 Å². The van der Waals surface area contributed by atoms with Gasteiger partial charge in [0.25, 0.3) is 0 Å². The largest absolute Gasteiger partial charge is 0.468 e. The first-order valence-electron chi connectivity index (χ1n) is 5.05. The van der Waals surface area contributed by atoms with E-state index in [1.54, 1.807) is 6.26 Å². The Balaban J connectivity index is 2.12. The SMILES string of the molecule is Cc1ccoc1[C]1C=Cc2ccccc21. The van der Waals surface area contributed by atoms with Crippen molar-refractivity contribution < 1.29 is 4.42 Å². The second kappa shape index (κ2) is 3.13. The molecule has 15 heavy (non-hydrogen) atoms. The summed E-state index contributed by atoms with van der Waals surface area (Å²) in [5, 5.41) is 0. The number of allylic oxidation sites excluding steroid dienone is 1. The number of benzene rings is 1. The second-order valence-corrected chi connectivity index (χ2v) is 3.77. The molecule has 2 aromatic rings. The molecule has 3 rings (SSSR count). The molecule has 1 aromatic carbocycles. The predicted molar refractivity (Wildman–Crippen MR) is 60.4 cm³/mol. The molecule has 73 valence electrons. The van der Waals surface area contributed by atoms with Crippen LogP contribution < -0.4 is 0 Å². The van der Waals surface area contributed by atoms with E-state index < -0.39 is 0 Å². The molecule has 1 aliphatic rings. The van der Waals surface area contributed by atoms with Crippen LogP contribution in [0.1, 0.15) is 22.5 Å². The van der Waals surface area contributed by atoms with Crippen LogP contribution in [-0.2, 0) is 0 Å².